The highest BCUT2D eigenvalue weighted by molar-refractivity contribution is 8.42. The van der Waals surface area contributed by atoms with Gasteiger partial charge in [0.15, 0.2) is 5.84 Å². The number of aliphatic imine (C=N–C) groups is 1. The minimum absolute atomic E-state index is 0.0292. The molecule has 2 aliphatic rings. The van der Waals surface area contributed by atoms with E-state index in [0.717, 1.165) is 22.3 Å². The number of rotatable bonds is 5. The van der Waals surface area contributed by atoms with Crippen LogP contribution in [0.3, 0.4) is 0 Å². The normalized spacial score (nSPS) is 17.3. The average molecular weight is 469 g/mol. The van der Waals surface area contributed by atoms with Gasteiger partial charge in [-0.3, -0.25) is 10.2 Å². The molecular weight excluding hydrogens is 448 g/mol. The number of aryl methyl sites for hydroxylation is 1. The largest absolute Gasteiger partial charge is 0.489 e. The molecule has 1 N–H and O–H groups in total. The molecule has 2 aromatic carbocycles. The van der Waals surface area contributed by atoms with Gasteiger partial charge < -0.3 is 4.74 Å². The van der Waals surface area contributed by atoms with Crippen LogP contribution in [0.1, 0.15) is 23.6 Å². The summed E-state index contributed by atoms with van der Waals surface area (Å²) in [5, 5.41) is 13.5. The van der Waals surface area contributed by atoms with Crippen molar-refractivity contribution in [2.45, 2.75) is 20.5 Å². The highest BCUT2D eigenvalue weighted by atomic mass is 32.3. The zero-order valence-electron chi connectivity index (χ0n) is 17.4. The summed E-state index contributed by atoms with van der Waals surface area (Å²) in [6.45, 7) is 3.98. The summed E-state index contributed by atoms with van der Waals surface area (Å²) in [4.78, 5) is 16.4. The van der Waals surface area contributed by atoms with Crippen molar-refractivity contribution < 1.29 is 17.9 Å². The SMILES string of the molecule is CCS(=O)(=O)C1=NN2C(=N)/C(=C/c3ccc(OCc4ccc(C)cc4)cc3)C(=O)N=C2S1. The van der Waals surface area contributed by atoms with Gasteiger partial charge >= 0.3 is 0 Å². The number of nitrogens with one attached hydrogen (secondary N) is 1. The third kappa shape index (κ3) is 4.51. The molecule has 0 radical (unpaired) electrons. The van der Waals surface area contributed by atoms with Crippen LogP contribution in [0.15, 0.2) is 64.2 Å². The standard InChI is InChI=1S/C22H20N4O4S2/c1-3-32(28,29)22-25-26-19(23)18(20(27)24-21(26)31-22)12-15-8-10-17(11-9-15)30-13-16-6-4-14(2)5-7-16/h4-12,23H,3,13H2,1-2H3/b18-12-,23-19?. The molecule has 0 saturated carbocycles. The van der Waals surface area contributed by atoms with E-state index in [1.807, 2.05) is 31.2 Å². The monoisotopic (exact) mass is 468 g/mol. The van der Waals surface area contributed by atoms with Gasteiger partial charge in [0, 0.05) is 0 Å². The second-order valence-corrected chi connectivity index (χ2v) is 10.5. The van der Waals surface area contributed by atoms with E-state index < -0.39 is 15.7 Å². The summed E-state index contributed by atoms with van der Waals surface area (Å²) in [5.74, 6) is -0.275. The molecular formula is C22H20N4O4S2. The van der Waals surface area contributed by atoms with Crippen LogP contribution in [0, 0.1) is 12.3 Å². The fraction of sp³-hybridized carbons (Fsp3) is 0.182. The van der Waals surface area contributed by atoms with Gasteiger partial charge in [-0.2, -0.15) is 10.0 Å². The number of fused-ring (bicyclic) bond motifs is 1. The smallest absolute Gasteiger partial charge is 0.283 e. The first-order chi connectivity index (χ1) is 15.3. The maximum atomic E-state index is 12.5. The Morgan fingerprint density at radius 2 is 1.81 bits per heavy atom. The molecule has 0 spiro atoms. The lowest BCUT2D eigenvalue weighted by molar-refractivity contribution is -0.114. The lowest BCUT2D eigenvalue weighted by Crippen LogP contribution is -2.35. The topological polar surface area (TPSA) is 112 Å². The van der Waals surface area contributed by atoms with E-state index in [0.29, 0.717) is 17.9 Å². The predicted octanol–water partition coefficient (Wildman–Crippen LogP) is 3.59. The van der Waals surface area contributed by atoms with Gasteiger partial charge in [-0.05, 0) is 48.0 Å². The van der Waals surface area contributed by atoms with Crippen LogP contribution in [0.25, 0.3) is 6.08 Å². The molecule has 8 nitrogen and oxygen atoms in total. The van der Waals surface area contributed by atoms with Crippen LogP contribution in [-0.2, 0) is 21.2 Å². The molecule has 4 rings (SSSR count). The molecule has 1 amide bonds. The minimum atomic E-state index is -3.56. The predicted molar refractivity (Wildman–Crippen MR) is 126 cm³/mol. The maximum Gasteiger partial charge on any atom is 0.283 e. The number of nitrogens with zero attached hydrogens (tertiary/aromatic N) is 3. The molecule has 2 aliphatic heterocycles. The minimum Gasteiger partial charge on any atom is -0.489 e. The van der Waals surface area contributed by atoms with E-state index >= 15 is 0 Å². The molecule has 0 unspecified atom stereocenters. The molecule has 0 fully saturated rings. The van der Waals surface area contributed by atoms with Gasteiger partial charge in [0.2, 0.25) is 19.4 Å². The molecule has 0 aliphatic carbocycles. The van der Waals surface area contributed by atoms with Gasteiger partial charge in [-0.15, -0.1) is 5.10 Å². The van der Waals surface area contributed by atoms with E-state index in [1.165, 1.54) is 18.6 Å². The molecule has 2 heterocycles. The number of hydrazone groups is 1. The number of carbonyl (C=O) groups is 1. The van der Waals surface area contributed by atoms with E-state index in [1.54, 1.807) is 24.3 Å². The first-order valence-electron chi connectivity index (χ1n) is 9.78. The summed E-state index contributed by atoms with van der Waals surface area (Å²) in [6, 6.07) is 15.2. The number of amidine groups is 2. The van der Waals surface area contributed by atoms with Crippen molar-refractivity contribution in [3.63, 3.8) is 0 Å². The number of ether oxygens (including phenoxy) is 1. The number of amides is 1. The average Bonchev–Trinajstić information content (AvgIpc) is 3.22. The van der Waals surface area contributed by atoms with Crippen molar-refractivity contribution in [3.8, 4) is 5.75 Å². The van der Waals surface area contributed by atoms with Gasteiger partial charge in [0.25, 0.3) is 5.91 Å². The highest BCUT2D eigenvalue weighted by Crippen LogP contribution is 2.30. The number of sulfone groups is 1. The van der Waals surface area contributed by atoms with Crippen molar-refractivity contribution >= 4 is 49.0 Å². The Balaban J connectivity index is 1.49. The first-order valence-corrected chi connectivity index (χ1v) is 12.2. The fourth-order valence-corrected chi connectivity index (χ4v) is 5.07. The third-order valence-electron chi connectivity index (χ3n) is 4.80. The molecule has 0 aromatic heterocycles. The Hall–Kier alpha value is -3.24. The second-order valence-electron chi connectivity index (χ2n) is 7.13. The van der Waals surface area contributed by atoms with Gasteiger partial charge in [0.05, 0.1) is 11.3 Å². The quantitative estimate of drug-likeness (QED) is 0.671. The molecule has 0 atom stereocenters. The summed E-state index contributed by atoms with van der Waals surface area (Å²) in [7, 11) is -3.56. The summed E-state index contributed by atoms with van der Waals surface area (Å²) in [6.07, 6.45) is 1.53. The second kappa shape index (κ2) is 8.71. The van der Waals surface area contributed by atoms with Crippen molar-refractivity contribution in [2.24, 2.45) is 10.1 Å². The molecule has 10 heteroatoms. The van der Waals surface area contributed by atoms with E-state index in [9.17, 15) is 13.2 Å². The first kappa shape index (κ1) is 22.0. The van der Waals surface area contributed by atoms with Crippen LogP contribution in [0.4, 0.5) is 0 Å². The number of benzene rings is 2. The fourth-order valence-electron chi connectivity index (χ4n) is 2.90. The number of carbonyl (C=O) groups excluding carboxylic acids is 1. The molecule has 32 heavy (non-hydrogen) atoms. The molecule has 0 saturated heterocycles. The molecule has 0 bridgehead atoms. The van der Waals surface area contributed by atoms with Crippen molar-refractivity contribution in [1.82, 2.24) is 5.01 Å². The van der Waals surface area contributed by atoms with Crippen LogP contribution in [0.2, 0.25) is 0 Å². The molecule has 164 valence electrons. The van der Waals surface area contributed by atoms with Crippen molar-refractivity contribution in [2.75, 3.05) is 5.75 Å². The third-order valence-corrected chi connectivity index (χ3v) is 7.89. The van der Waals surface area contributed by atoms with Gasteiger partial charge in [-0.25, -0.2) is 8.42 Å². The number of hydrogen-bond acceptors (Lipinski definition) is 7. The van der Waals surface area contributed by atoms with Gasteiger partial charge in [0.1, 0.15) is 12.4 Å². The Bertz CT molecular complexity index is 1280. The van der Waals surface area contributed by atoms with E-state index in [4.69, 9.17) is 10.1 Å². The summed E-state index contributed by atoms with van der Waals surface area (Å²) >= 11 is 0.781. The van der Waals surface area contributed by atoms with E-state index in [-0.39, 0.29) is 26.7 Å². The molecule has 2 aromatic rings. The highest BCUT2D eigenvalue weighted by Gasteiger charge is 2.39. The number of thioether (sulfide) groups is 1. The van der Waals surface area contributed by atoms with Crippen LogP contribution in [0.5, 0.6) is 5.75 Å². The van der Waals surface area contributed by atoms with Crippen molar-refractivity contribution in [3.05, 3.63) is 70.8 Å². The Morgan fingerprint density at radius 3 is 2.47 bits per heavy atom. The summed E-state index contributed by atoms with van der Waals surface area (Å²) < 4.78 is 29.8. The van der Waals surface area contributed by atoms with E-state index in [2.05, 4.69) is 10.1 Å². The van der Waals surface area contributed by atoms with Gasteiger partial charge in [-0.1, -0.05) is 48.9 Å². The maximum absolute atomic E-state index is 12.5. The lowest BCUT2D eigenvalue weighted by atomic mass is 10.1. The van der Waals surface area contributed by atoms with Crippen LogP contribution in [-0.4, -0.2) is 40.5 Å². The lowest BCUT2D eigenvalue weighted by Gasteiger charge is -2.20. The zero-order valence-corrected chi connectivity index (χ0v) is 19.0. The summed E-state index contributed by atoms with van der Waals surface area (Å²) in [5.41, 5.74) is 2.95. The zero-order chi connectivity index (χ0) is 22.9. The van der Waals surface area contributed by atoms with Crippen molar-refractivity contribution in [1.29, 1.82) is 5.41 Å². The van der Waals surface area contributed by atoms with Crippen LogP contribution < -0.4 is 4.74 Å². The Labute approximate surface area is 190 Å². The number of hydrogen-bond donors (Lipinski definition) is 1. The Morgan fingerprint density at radius 1 is 1.12 bits per heavy atom. The Kier molecular flexibility index (Phi) is 5.98. The van der Waals surface area contributed by atoms with Crippen LogP contribution >= 0.6 is 11.8 Å².